The van der Waals surface area contributed by atoms with Gasteiger partial charge in [0.15, 0.2) is 5.76 Å². The molecule has 0 aromatic carbocycles. The van der Waals surface area contributed by atoms with Gasteiger partial charge in [0.05, 0.1) is 12.4 Å². The lowest BCUT2D eigenvalue weighted by atomic mass is 9.94. The SMILES string of the molecule is O=C(NCC(O)C1CCOCC1)c1ccco1. The molecule has 0 spiro atoms. The number of ether oxygens (including phenoxy) is 1. The molecule has 1 amide bonds. The molecule has 2 N–H and O–H groups in total. The number of carbonyl (C=O) groups excluding carboxylic acids is 1. The van der Waals surface area contributed by atoms with Gasteiger partial charge in [0.1, 0.15) is 0 Å². The maximum Gasteiger partial charge on any atom is 0.287 e. The fourth-order valence-corrected chi connectivity index (χ4v) is 1.96. The zero-order valence-electron chi connectivity index (χ0n) is 9.59. The van der Waals surface area contributed by atoms with Crippen LogP contribution in [0, 0.1) is 5.92 Å². The lowest BCUT2D eigenvalue weighted by Crippen LogP contribution is -2.38. The van der Waals surface area contributed by atoms with Gasteiger partial charge in [0.25, 0.3) is 5.91 Å². The Morgan fingerprint density at radius 2 is 2.29 bits per heavy atom. The molecule has 0 bridgehead atoms. The molecule has 1 unspecified atom stereocenters. The highest BCUT2D eigenvalue weighted by Gasteiger charge is 2.22. The fourth-order valence-electron chi connectivity index (χ4n) is 1.96. The van der Waals surface area contributed by atoms with E-state index in [0.717, 1.165) is 12.8 Å². The summed E-state index contributed by atoms with van der Waals surface area (Å²) in [7, 11) is 0. The Morgan fingerprint density at radius 3 is 2.94 bits per heavy atom. The summed E-state index contributed by atoms with van der Waals surface area (Å²) in [5.41, 5.74) is 0. The van der Waals surface area contributed by atoms with Crippen LogP contribution < -0.4 is 5.32 Å². The van der Waals surface area contributed by atoms with Crippen LogP contribution in [0.2, 0.25) is 0 Å². The Bertz CT molecular complexity index is 343. The van der Waals surface area contributed by atoms with Gasteiger partial charge in [0, 0.05) is 19.8 Å². The topological polar surface area (TPSA) is 71.7 Å². The minimum atomic E-state index is -0.516. The maximum absolute atomic E-state index is 11.6. The van der Waals surface area contributed by atoms with Crippen molar-refractivity contribution in [2.75, 3.05) is 19.8 Å². The van der Waals surface area contributed by atoms with E-state index in [1.54, 1.807) is 12.1 Å². The van der Waals surface area contributed by atoms with Crippen molar-refractivity contribution in [3.8, 4) is 0 Å². The molecule has 0 aliphatic carbocycles. The van der Waals surface area contributed by atoms with Crippen LogP contribution in [0.3, 0.4) is 0 Å². The number of hydrogen-bond donors (Lipinski definition) is 2. The molecule has 0 radical (unpaired) electrons. The monoisotopic (exact) mass is 239 g/mol. The van der Waals surface area contributed by atoms with Gasteiger partial charge in [-0.25, -0.2) is 0 Å². The number of amides is 1. The standard InChI is InChI=1S/C12H17NO4/c14-10(9-3-6-16-7-4-9)8-13-12(15)11-2-1-5-17-11/h1-2,5,9-10,14H,3-4,6-8H2,(H,13,15). The van der Waals surface area contributed by atoms with E-state index < -0.39 is 6.10 Å². The highest BCUT2D eigenvalue weighted by molar-refractivity contribution is 5.91. The van der Waals surface area contributed by atoms with Crippen LogP contribution in [-0.2, 0) is 4.74 Å². The molecule has 2 rings (SSSR count). The summed E-state index contributed by atoms with van der Waals surface area (Å²) in [6, 6.07) is 3.25. The van der Waals surface area contributed by atoms with Crippen LogP contribution >= 0.6 is 0 Å². The van der Waals surface area contributed by atoms with Crippen molar-refractivity contribution >= 4 is 5.91 Å². The second kappa shape index (κ2) is 5.84. The first-order valence-corrected chi connectivity index (χ1v) is 5.85. The van der Waals surface area contributed by atoms with Gasteiger partial charge < -0.3 is 19.6 Å². The largest absolute Gasteiger partial charge is 0.459 e. The average Bonchev–Trinajstić information content (AvgIpc) is 2.90. The highest BCUT2D eigenvalue weighted by atomic mass is 16.5. The quantitative estimate of drug-likeness (QED) is 0.815. The Balaban J connectivity index is 1.75. The van der Waals surface area contributed by atoms with Gasteiger partial charge in [0.2, 0.25) is 0 Å². The summed E-state index contributed by atoms with van der Waals surface area (Å²) in [4.78, 5) is 11.6. The van der Waals surface area contributed by atoms with Gasteiger partial charge in [-0.05, 0) is 30.9 Å². The minimum Gasteiger partial charge on any atom is -0.459 e. The summed E-state index contributed by atoms with van der Waals surface area (Å²) < 4.78 is 10.2. The van der Waals surface area contributed by atoms with Crippen LogP contribution in [-0.4, -0.2) is 36.9 Å². The number of aliphatic hydroxyl groups is 1. The van der Waals surface area contributed by atoms with E-state index in [1.807, 2.05) is 0 Å². The third kappa shape index (κ3) is 3.31. The molecule has 5 nitrogen and oxygen atoms in total. The van der Waals surface area contributed by atoms with Crippen molar-refractivity contribution in [1.82, 2.24) is 5.32 Å². The minimum absolute atomic E-state index is 0.209. The van der Waals surface area contributed by atoms with Crippen LogP contribution in [0.15, 0.2) is 22.8 Å². The van der Waals surface area contributed by atoms with Gasteiger partial charge in [-0.15, -0.1) is 0 Å². The van der Waals surface area contributed by atoms with E-state index in [-0.39, 0.29) is 24.1 Å². The van der Waals surface area contributed by atoms with Crippen molar-refractivity contribution in [3.63, 3.8) is 0 Å². The molecule has 1 fully saturated rings. The number of nitrogens with one attached hydrogen (secondary N) is 1. The molecule has 1 aliphatic rings. The molecule has 17 heavy (non-hydrogen) atoms. The van der Waals surface area contributed by atoms with Crippen molar-refractivity contribution in [3.05, 3.63) is 24.2 Å². The molecule has 5 heteroatoms. The van der Waals surface area contributed by atoms with Crippen LogP contribution in [0.4, 0.5) is 0 Å². The molecule has 1 atom stereocenters. The van der Waals surface area contributed by atoms with E-state index in [4.69, 9.17) is 9.15 Å². The van der Waals surface area contributed by atoms with Crippen molar-refractivity contribution in [2.24, 2.45) is 5.92 Å². The number of hydrogen-bond acceptors (Lipinski definition) is 4. The average molecular weight is 239 g/mol. The second-order valence-electron chi connectivity index (χ2n) is 4.20. The molecular weight excluding hydrogens is 222 g/mol. The van der Waals surface area contributed by atoms with Gasteiger partial charge in [-0.2, -0.15) is 0 Å². The third-order valence-electron chi connectivity index (χ3n) is 3.03. The summed E-state index contributed by atoms with van der Waals surface area (Å²) in [6.07, 6.45) is 2.62. The van der Waals surface area contributed by atoms with E-state index in [9.17, 15) is 9.90 Å². The van der Waals surface area contributed by atoms with E-state index in [0.29, 0.717) is 13.2 Å². The lowest BCUT2D eigenvalue weighted by molar-refractivity contribution is 0.00862. The number of rotatable bonds is 4. The number of aliphatic hydroxyl groups excluding tert-OH is 1. The van der Waals surface area contributed by atoms with Crippen molar-refractivity contribution in [2.45, 2.75) is 18.9 Å². The second-order valence-corrected chi connectivity index (χ2v) is 4.20. The molecule has 0 saturated carbocycles. The predicted molar refractivity (Wildman–Crippen MR) is 60.6 cm³/mol. The number of carbonyl (C=O) groups is 1. The Morgan fingerprint density at radius 1 is 1.53 bits per heavy atom. The summed E-state index contributed by atoms with van der Waals surface area (Å²) >= 11 is 0. The fraction of sp³-hybridized carbons (Fsp3) is 0.583. The Hall–Kier alpha value is -1.33. The lowest BCUT2D eigenvalue weighted by Gasteiger charge is -2.26. The molecule has 1 aromatic heterocycles. The number of furan rings is 1. The van der Waals surface area contributed by atoms with Crippen LogP contribution in [0.5, 0.6) is 0 Å². The van der Waals surface area contributed by atoms with E-state index in [1.165, 1.54) is 6.26 Å². The van der Waals surface area contributed by atoms with Crippen molar-refractivity contribution < 1.29 is 19.1 Å². The first-order chi connectivity index (χ1) is 8.27. The van der Waals surface area contributed by atoms with Gasteiger partial charge >= 0.3 is 0 Å². The van der Waals surface area contributed by atoms with Crippen molar-refractivity contribution in [1.29, 1.82) is 0 Å². The van der Waals surface area contributed by atoms with Crippen LogP contribution in [0.25, 0.3) is 0 Å². The van der Waals surface area contributed by atoms with E-state index >= 15 is 0 Å². The summed E-state index contributed by atoms with van der Waals surface area (Å²) in [6.45, 7) is 1.63. The summed E-state index contributed by atoms with van der Waals surface area (Å²) in [5.74, 6) is 0.186. The smallest absolute Gasteiger partial charge is 0.287 e. The first kappa shape index (κ1) is 12.1. The maximum atomic E-state index is 11.6. The Labute approximate surface area is 99.8 Å². The van der Waals surface area contributed by atoms with Gasteiger partial charge in [-0.3, -0.25) is 4.79 Å². The van der Waals surface area contributed by atoms with Gasteiger partial charge in [-0.1, -0.05) is 0 Å². The Kier molecular flexibility index (Phi) is 4.17. The molecule has 2 heterocycles. The van der Waals surface area contributed by atoms with E-state index in [2.05, 4.69) is 5.32 Å². The highest BCUT2D eigenvalue weighted by Crippen LogP contribution is 2.18. The molecule has 94 valence electrons. The van der Waals surface area contributed by atoms with Crippen LogP contribution in [0.1, 0.15) is 23.4 Å². The molecule has 1 saturated heterocycles. The molecule has 1 aromatic rings. The first-order valence-electron chi connectivity index (χ1n) is 5.85. The normalized spacial score (nSPS) is 18.9. The molecule has 1 aliphatic heterocycles. The summed E-state index contributed by atoms with van der Waals surface area (Å²) in [5, 5.41) is 12.6. The third-order valence-corrected chi connectivity index (χ3v) is 3.03. The zero-order chi connectivity index (χ0) is 12.1. The predicted octanol–water partition coefficient (Wildman–Crippen LogP) is 0.797. The zero-order valence-corrected chi connectivity index (χ0v) is 9.59. The molecular formula is C12H17NO4.